The Kier molecular flexibility index (Phi) is 9.57. The number of aromatic nitrogens is 4. The minimum absolute atomic E-state index is 0.0638. The van der Waals surface area contributed by atoms with Gasteiger partial charge in [-0.2, -0.15) is 0 Å². The van der Waals surface area contributed by atoms with Crippen molar-refractivity contribution in [3.05, 3.63) is 81.2 Å². The van der Waals surface area contributed by atoms with Crippen molar-refractivity contribution in [2.75, 3.05) is 13.7 Å². The molecule has 5 aromatic rings. The first kappa shape index (κ1) is 34.8. The highest BCUT2D eigenvalue weighted by Gasteiger charge is 2.32. The molecule has 0 spiro atoms. The van der Waals surface area contributed by atoms with Crippen LogP contribution in [0.1, 0.15) is 80.7 Å². The smallest absolute Gasteiger partial charge is 0.419 e. The first-order valence-corrected chi connectivity index (χ1v) is 16.3. The first-order chi connectivity index (χ1) is 22.5. The van der Waals surface area contributed by atoms with E-state index in [9.17, 15) is 19.2 Å². The molecule has 0 saturated carbocycles. The molecule has 0 N–H and O–H groups in total. The van der Waals surface area contributed by atoms with Gasteiger partial charge in [-0.1, -0.05) is 18.2 Å². The molecule has 12 nitrogen and oxygen atoms in total. The Morgan fingerprint density at radius 2 is 1.35 bits per heavy atom. The lowest BCUT2D eigenvalue weighted by molar-refractivity contribution is 0.0532. The van der Waals surface area contributed by atoms with Gasteiger partial charge in [-0.15, -0.1) is 0 Å². The summed E-state index contributed by atoms with van der Waals surface area (Å²) in [5.74, 6) is -0.591. The number of ether oxygens (including phenoxy) is 4. The molecule has 3 aromatic heterocycles. The van der Waals surface area contributed by atoms with E-state index >= 15 is 0 Å². The van der Waals surface area contributed by atoms with Gasteiger partial charge in [0.1, 0.15) is 33.1 Å². The van der Waals surface area contributed by atoms with Crippen LogP contribution in [0, 0.1) is 3.70 Å². The number of nitrogens with zero attached hydrogens (tertiary/aromatic N) is 4. The fourth-order valence-corrected chi connectivity index (χ4v) is 5.93. The summed E-state index contributed by atoms with van der Waals surface area (Å²) in [6.07, 6.45) is 1.54. The number of halogens is 1. The Morgan fingerprint density at radius 1 is 0.792 bits per heavy atom. The second-order valence-electron chi connectivity index (χ2n) is 13.0. The molecule has 13 heteroatoms. The summed E-state index contributed by atoms with van der Waals surface area (Å²) in [6.45, 7) is 12.5. The van der Waals surface area contributed by atoms with Gasteiger partial charge in [0.2, 0.25) is 11.6 Å². The highest BCUT2D eigenvalue weighted by Crippen LogP contribution is 2.31. The van der Waals surface area contributed by atoms with E-state index < -0.39 is 35.0 Å². The molecule has 0 bridgehead atoms. The number of carbonyl (C=O) groups excluding carboxylic acids is 4. The molecule has 0 aliphatic rings. The third-order valence-electron chi connectivity index (χ3n) is 7.16. The third kappa shape index (κ3) is 6.88. The summed E-state index contributed by atoms with van der Waals surface area (Å²) < 4.78 is 26.6. The summed E-state index contributed by atoms with van der Waals surface area (Å²) in [5.41, 5.74) is -0.165. The van der Waals surface area contributed by atoms with E-state index in [0.717, 1.165) is 0 Å². The summed E-state index contributed by atoms with van der Waals surface area (Å²) in [7, 11) is 1.50. The van der Waals surface area contributed by atoms with Crippen molar-refractivity contribution in [1.82, 2.24) is 18.7 Å². The molecule has 3 heterocycles. The molecule has 2 aromatic carbocycles. The minimum atomic E-state index is -0.789. The molecular formula is C35H37IN4O8. The van der Waals surface area contributed by atoms with E-state index in [0.29, 0.717) is 34.2 Å². The summed E-state index contributed by atoms with van der Waals surface area (Å²) in [6, 6.07) is 12.0. The Bertz CT molecular complexity index is 2070. The fourth-order valence-electron chi connectivity index (χ4n) is 5.17. The van der Waals surface area contributed by atoms with Gasteiger partial charge in [-0.3, -0.25) is 23.3 Å². The van der Waals surface area contributed by atoms with Crippen LogP contribution in [0.15, 0.2) is 54.9 Å². The van der Waals surface area contributed by atoms with Crippen LogP contribution in [0.4, 0.5) is 9.59 Å². The molecule has 48 heavy (non-hydrogen) atoms. The van der Waals surface area contributed by atoms with Crippen molar-refractivity contribution >= 4 is 68.1 Å². The largest absolute Gasteiger partial charge is 0.497 e. The van der Waals surface area contributed by atoms with Gasteiger partial charge in [-0.25, -0.2) is 14.6 Å². The highest BCUT2D eigenvalue weighted by atomic mass is 127. The van der Waals surface area contributed by atoms with Gasteiger partial charge in [0.25, 0.3) is 0 Å². The van der Waals surface area contributed by atoms with Crippen molar-refractivity contribution in [3.8, 4) is 5.75 Å². The zero-order valence-electron chi connectivity index (χ0n) is 28.0. The van der Waals surface area contributed by atoms with E-state index in [2.05, 4.69) is 4.98 Å². The third-order valence-corrected chi connectivity index (χ3v) is 7.91. The van der Waals surface area contributed by atoms with Gasteiger partial charge in [0.15, 0.2) is 5.82 Å². The van der Waals surface area contributed by atoms with Crippen LogP contribution in [0.5, 0.6) is 5.75 Å². The zero-order valence-corrected chi connectivity index (χ0v) is 30.2. The average Bonchev–Trinajstić information content (AvgIpc) is 3.68. The average molecular weight is 769 g/mol. The zero-order chi connectivity index (χ0) is 35.1. The Hall–Kier alpha value is -4.50. The molecule has 0 atom stereocenters. The van der Waals surface area contributed by atoms with Crippen molar-refractivity contribution in [2.24, 2.45) is 0 Å². The molecular weight excluding hydrogens is 731 g/mol. The van der Waals surface area contributed by atoms with Gasteiger partial charge in [0, 0.05) is 35.8 Å². The van der Waals surface area contributed by atoms with E-state index in [1.165, 1.54) is 33.2 Å². The molecule has 252 valence electrons. The molecule has 0 fully saturated rings. The molecule has 0 amide bonds. The minimum Gasteiger partial charge on any atom is -0.497 e. The number of carbonyl (C=O) groups is 4. The number of imidazole rings is 1. The summed E-state index contributed by atoms with van der Waals surface area (Å²) in [4.78, 5) is 59.7. The molecule has 5 rings (SSSR count). The summed E-state index contributed by atoms with van der Waals surface area (Å²) in [5, 5.41) is 0.983. The standard InChI is InChI=1S/C35H37IN4O8/c1-9-46-19-40-27(28(41)23-17-38(32(43)47-34(2,3)4)25-13-11-10-12-21(23)25)30(36)37-31(40)29(42)24-18-39(33(44)48-35(5,6)7)26-16-20(45-8)14-15-22(24)26/h10-18H,9,19H2,1-8H3. The number of hydrogen-bond donors (Lipinski definition) is 0. The Morgan fingerprint density at radius 3 is 1.94 bits per heavy atom. The van der Waals surface area contributed by atoms with Crippen molar-refractivity contribution < 1.29 is 38.1 Å². The second kappa shape index (κ2) is 13.2. The highest BCUT2D eigenvalue weighted by molar-refractivity contribution is 14.1. The molecule has 0 unspecified atom stereocenters. The number of hydrogen-bond acceptors (Lipinski definition) is 9. The quantitative estimate of drug-likeness (QED) is 0.117. The van der Waals surface area contributed by atoms with E-state index in [1.54, 1.807) is 90.9 Å². The van der Waals surface area contributed by atoms with E-state index in [4.69, 9.17) is 18.9 Å². The van der Waals surface area contributed by atoms with Crippen LogP contribution in [0.25, 0.3) is 21.8 Å². The predicted molar refractivity (Wildman–Crippen MR) is 187 cm³/mol. The monoisotopic (exact) mass is 768 g/mol. The number of fused-ring (bicyclic) bond motifs is 2. The number of para-hydroxylation sites is 1. The van der Waals surface area contributed by atoms with Crippen LogP contribution in [-0.2, 0) is 20.9 Å². The normalized spacial score (nSPS) is 12.0. The van der Waals surface area contributed by atoms with E-state index in [-0.39, 0.29) is 33.1 Å². The maximum atomic E-state index is 14.4. The molecule has 0 aliphatic heterocycles. The lowest BCUT2D eigenvalue weighted by Gasteiger charge is -2.19. The van der Waals surface area contributed by atoms with Crippen molar-refractivity contribution in [3.63, 3.8) is 0 Å². The van der Waals surface area contributed by atoms with Crippen LogP contribution < -0.4 is 4.74 Å². The van der Waals surface area contributed by atoms with Gasteiger partial charge in [-0.05, 0) is 89.3 Å². The molecule has 0 radical (unpaired) electrons. The maximum Gasteiger partial charge on any atom is 0.419 e. The predicted octanol–water partition coefficient (Wildman–Crippen LogP) is 7.43. The topological polar surface area (TPSA) is 133 Å². The number of rotatable bonds is 8. The summed E-state index contributed by atoms with van der Waals surface area (Å²) >= 11 is 1.92. The fraction of sp³-hybridized carbons (Fsp3) is 0.343. The van der Waals surface area contributed by atoms with Gasteiger partial charge >= 0.3 is 12.2 Å². The van der Waals surface area contributed by atoms with Crippen molar-refractivity contribution in [2.45, 2.75) is 66.4 Å². The number of methoxy groups -OCH3 is 1. The second-order valence-corrected chi connectivity index (χ2v) is 14.0. The Balaban J connectivity index is 1.65. The van der Waals surface area contributed by atoms with Gasteiger partial charge < -0.3 is 18.9 Å². The first-order valence-electron chi connectivity index (χ1n) is 15.2. The number of ketones is 2. The van der Waals surface area contributed by atoms with Crippen LogP contribution in [0.3, 0.4) is 0 Å². The van der Waals surface area contributed by atoms with Crippen molar-refractivity contribution in [1.29, 1.82) is 0 Å². The van der Waals surface area contributed by atoms with Gasteiger partial charge in [0.05, 0.1) is 29.3 Å². The molecule has 0 aliphatic carbocycles. The van der Waals surface area contributed by atoms with Crippen LogP contribution in [0.2, 0.25) is 0 Å². The number of benzene rings is 2. The lowest BCUT2D eigenvalue weighted by atomic mass is 10.1. The SMILES string of the molecule is CCOCn1c(C(=O)c2cn(C(=O)OC(C)(C)C)c3cc(OC)ccc23)nc(I)c1C(=O)c1cn(C(=O)OC(C)(C)C)c2ccccc12. The Labute approximate surface area is 291 Å². The molecule has 0 saturated heterocycles. The van der Waals surface area contributed by atoms with Crippen LogP contribution in [-0.4, -0.2) is 67.4 Å². The van der Waals surface area contributed by atoms with E-state index in [1.807, 2.05) is 22.6 Å². The van der Waals surface area contributed by atoms with Crippen LogP contribution >= 0.6 is 22.6 Å². The lowest BCUT2D eigenvalue weighted by Crippen LogP contribution is -2.26. The maximum absolute atomic E-state index is 14.4.